The topological polar surface area (TPSA) is 44.8 Å². The predicted molar refractivity (Wildman–Crippen MR) is 62.0 cm³/mol. The second-order valence-electron chi connectivity index (χ2n) is 4.26. The summed E-state index contributed by atoms with van der Waals surface area (Å²) >= 11 is 0. The third kappa shape index (κ3) is 6.80. The van der Waals surface area contributed by atoms with Gasteiger partial charge in [-0.25, -0.2) is 0 Å². The Hall–Kier alpha value is -0.610. The molecule has 0 aromatic carbocycles. The van der Waals surface area contributed by atoms with Crippen LogP contribution in [-0.2, 0) is 19.0 Å². The van der Waals surface area contributed by atoms with E-state index in [2.05, 4.69) is 18.6 Å². The summed E-state index contributed by atoms with van der Waals surface area (Å²) in [7, 11) is 0. The van der Waals surface area contributed by atoms with Crippen molar-refractivity contribution in [3.05, 3.63) is 0 Å². The van der Waals surface area contributed by atoms with Crippen LogP contribution in [0.15, 0.2) is 0 Å². The first-order valence-corrected chi connectivity index (χ1v) is 5.88. The maximum atomic E-state index is 10.5. The van der Waals surface area contributed by atoms with Crippen molar-refractivity contribution in [3.8, 4) is 0 Å². The van der Waals surface area contributed by atoms with E-state index >= 15 is 0 Å². The number of esters is 1. The molecule has 1 aliphatic rings. The first-order valence-electron chi connectivity index (χ1n) is 5.88. The van der Waals surface area contributed by atoms with Crippen LogP contribution < -0.4 is 0 Å². The quantitative estimate of drug-likeness (QED) is 0.700. The van der Waals surface area contributed by atoms with Gasteiger partial charge in [0.05, 0.1) is 25.7 Å². The highest BCUT2D eigenvalue weighted by atomic mass is 16.7. The summed E-state index contributed by atoms with van der Waals surface area (Å²) in [6.07, 6.45) is 0.0648. The van der Waals surface area contributed by atoms with E-state index in [1.807, 2.05) is 13.8 Å². The smallest absolute Gasteiger partial charge is 0.308 e. The Morgan fingerprint density at radius 1 is 1.25 bits per heavy atom. The summed E-state index contributed by atoms with van der Waals surface area (Å²) in [5.41, 5.74) is 0. The highest BCUT2D eigenvalue weighted by Crippen LogP contribution is 2.12. The molecular formula is C12H24O4. The SMILES string of the molecule is CC(C)C1OCCO1.CCOC(=O)C(C)C. The average molecular weight is 232 g/mol. The fourth-order valence-corrected chi connectivity index (χ4v) is 1.07. The van der Waals surface area contributed by atoms with Gasteiger partial charge in [-0.3, -0.25) is 4.79 Å². The lowest BCUT2D eigenvalue weighted by Gasteiger charge is -2.11. The molecule has 0 aromatic rings. The van der Waals surface area contributed by atoms with Gasteiger partial charge in [-0.2, -0.15) is 0 Å². The summed E-state index contributed by atoms with van der Waals surface area (Å²) in [6.45, 7) is 11.6. The van der Waals surface area contributed by atoms with Crippen LogP contribution in [0.3, 0.4) is 0 Å². The zero-order chi connectivity index (χ0) is 12.6. The number of carbonyl (C=O) groups excluding carboxylic acids is 1. The van der Waals surface area contributed by atoms with E-state index in [0.29, 0.717) is 12.5 Å². The van der Waals surface area contributed by atoms with Gasteiger partial charge in [0.2, 0.25) is 0 Å². The second-order valence-corrected chi connectivity index (χ2v) is 4.26. The second kappa shape index (κ2) is 8.53. The minimum Gasteiger partial charge on any atom is -0.466 e. The highest BCUT2D eigenvalue weighted by Gasteiger charge is 2.18. The number of hydrogen-bond donors (Lipinski definition) is 0. The van der Waals surface area contributed by atoms with Gasteiger partial charge >= 0.3 is 5.97 Å². The molecule has 1 rings (SSSR count). The summed E-state index contributed by atoms with van der Waals surface area (Å²) in [4.78, 5) is 10.5. The predicted octanol–water partition coefficient (Wildman–Crippen LogP) is 2.22. The maximum Gasteiger partial charge on any atom is 0.308 e. The summed E-state index contributed by atoms with van der Waals surface area (Å²) in [5.74, 6) is 0.389. The molecule has 0 bridgehead atoms. The molecule has 4 nitrogen and oxygen atoms in total. The molecule has 0 aliphatic carbocycles. The van der Waals surface area contributed by atoms with E-state index in [-0.39, 0.29) is 18.2 Å². The molecule has 1 saturated heterocycles. The van der Waals surface area contributed by atoms with Gasteiger partial charge in [0.1, 0.15) is 0 Å². The summed E-state index contributed by atoms with van der Waals surface area (Å²) in [5, 5.41) is 0. The molecule has 16 heavy (non-hydrogen) atoms. The fraction of sp³-hybridized carbons (Fsp3) is 0.917. The minimum atomic E-state index is -0.118. The van der Waals surface area contributed by atoms with E-state index in [1.54, 1.807) is 6.92 Å². The molecule has 1 fully saturated rings. The van der Waals surface area contributed by atoms with Crippen molar-refractivity contribution in [3.63, 3.8) is 0 Å². The Balaban J connectivity index is 0.000000281. The van der Waals surface area contributed by atoms with Crippen LogP contribution in [0.25, 0.3) is 0 Å². The molecule has 0 N–H and O–H groups in total. The molecular weight excluding hydrogens is 208 g/mol. The van der Waals surface area contributed by atoms with Crippen molar-refractivity contribution in [2.45, 2.75) is 40.9 Å². The summed E-state index contributed by atoms with van der Waals surface area (Å²) < 4.78 is 15.0. The molecule has 96 valence electrons. The van der Waals surface area contributed by atoms with Gasteiger partial charge in [-0.05, 0) is 6.92 Å². The highest BCUT2D eigenvalue weighted by molar-refractivity contribution is 5.71. The molecule has 0 atom stereocenters. The van der Waals surface area contributed by atoms with E-state index in [9.17, 15) is 4.79 Å². The largest absolute Gasteiger partial charge is 0.466 e. The Bertz CT molecular complexity index is 183. The van der Waals surface area contributed by atoms with Gasteiger partial charge in [-0.1, -0.05) is 27.7 Å². The number of ether oxygens (including phenoxy) is 3. The molecule has 0 aromatic heterocycles. The van der Waals surface area contributed by atoms with Crippen LogP contribution in [0.5, 0.6) is 0 Å². The number of carbonyl (C=O) groups is 1. The van der Waals surface area contributed by atoms with Crippen molar-refractivity contribution >= 4 is 5.97 Å². The van der Waals surface area contributed by atoms with Gasteiger partial charge in [-0.15, -0.1) is 0 Å². The molecule has 0 saturated carbocycles. The van der Waals surface area contributed by atoms with Crippen LogP contribution >= 0.6 is 0 Å². The van der Waals surface area contributed by atoms with Crippen LogP contribution in [0, 0.1) is 11.8 Å². The van der Waals surface area contributed by atoms with E-state index < -0.39 is 0 Å². The molecule has 1 aliphatic heterocycles. The van der Waals surface area contributed by atoms with E-state index in [0.717, 1.165) is 13.2 Å². The van der Waals surface area contributed by atoms with Crippen LogP contribution in [0.1, 0.15) is 34.6 Å². The first kappa shape index (κ1) is 15.4. The Labute approximate surface area is 98.3 Å². The first-order chi connectivity index (χ1) is 7.49. The van der Waals surface area contributed by atoms with Crippen molar-refractivity contribution in [1.82, 2.24) is 0 Å². The van der Waals surface area contributed by atoms with Gasteiger partial charge in [0.15, 0.2) is 6.29 Å². The van der Waals surface area contributed by atoms with Crippen molar-refractivity contribution in [2.75, 3.05) is 19.8 Å². The molecule has 0 spiro atoms. The van der Waals surface area contributed by atoms with Crippen LogP contribution in [-0.4, -0.2) is 32.1 Å². The fourth-order valence-electron chi connectivity index (χ4n) is 1.07. The third-order valence-electron chi connectivity index (χ3n) is 1.95. The lowest BCUT2D eigenvalue weighted by molar-refractivity contribution is -0.146. The lowest BCUT2D eigenvalue weighted by atomic mass is 10.2. The van der Waals surface area contributed by atoms with Gasteiger partial charge < -0.3 is 14.2 Å². The molecule has 0 amide bonds. The lowest BCUT2D eigenvalue weighted by Crippen LogP contribution is -2.14. The Morgan fingerprint density at radius 2 is 1.75 bits per heavy atom. The molecule has 1 heterocycles. The van der Waals surface area contributed by atoms with Gasteiger partial charge in [0, 0.05) is 5.92 Å². The molecule has 0 unspecified atom stereocenters. The van der Waals surface area contributed by atoms with Crippen LogP contribution in [0.4, 0.5) is 0 Å². The summed E-state index contributed by atoms with van der Waals surface area (Å²) in [6, 6.07) is 0. The van der Waals surface area contributed by atoms with Gasteiger partial charge in [0.25, 0.3) is 0 Å². The normalized spacial score (nSPS) is 16.2. The standard InChI is InChI=1S/2C6H12O2/c1-5(2)6-7-3-4-8-6;1-4-8-6(7)5(2)3/h5-6H,3-4H2,1-2H3;5H,4H2,1-3H3. The average Bonchev–Trinajstić information content (AvgIpc) is 2.71. The molecule has 0 radical (unpaired) electrons. The van der Waals surface area contributed by atoms with Crippen molar-refractivity contribution in [1.29, 1.82) is 0 Å². The van der Waals surface area contributed by atoms with Crippen molar-refractivity contribution < 1.29 is 19.0 Å². The van der Waals surface area contributed by atoms with Crippen LogP contribution in [0.2, 0.25) is 0 Å². The van der Waals surface area contributed by atoms with Crippen molar-refractivity contribution in [2.24, 2.45) is 11.8 Å². The zero-order valence-corrected chi connectivity index (χ0v) is 11.0. The Kier molecular flexibility index (Phi) is 8.21. The monoisotopic (exact) mass is 232 g/mol. The maximum absolute atomic E-state index is 10.5. The van der Waals surface area contributed by atoms with E-state index in [1.165, 1.54) is 0 Å². The van der Waals surface area contributed by atoms with E-state index in [4.69, 9.17) is 9.47 Å². The number of rotatable bonds is 3. The molecule has 4 heteroatoms. The minimum absolute atomic E-state index is 0.00921. The zero-order valence-electron chi connectivity index (χ0n) is 11.0. The number of hydrogen-bond acceptors (Lipinski definition) is 4. The third-order valence-corrected chi connectivity index (χ3v) is 1.95. The Morgan fingerprint density at radius 3 is 1.94 bits per heavy atom.